The van der Waals surface area contributed by atoms with Crippen LogP contribution >= 0.6 is 0 Å². The van der Waals surface area contributed by atoms with Gasteiger partial charge < -0.3 is 14.8 Å². The highest BCUT2D eigenvalue weighted by molar-refractivity contribution is 5.43. The van der Waals surface area contributed by atoms with Crippen LogP contribution in [0.2, 0.25) is 0 Å². The van der Waals surface area contributed by atoms with Gasteiger partial charge in [-0.3, -0.25) is 9.58 Å². The number of piperidine rings is 1. The Morgan fingerprint density at radius 3 is 2.81 bits per heavy atom. The number of hydrogen-bond acceptors (Lipinski definition) is 5. The first-order valence-electron chi connectivity index (χ1n) is 9.50. The Bertz CT molecular complexity index is 745. The molecule has 0 unspecified atom stereocenters. The molecule has 1 fully saturated rings. The average molecular weight is 356 g/mol. The third kappa shape index (κ3) is 3.57. The van der Waals surface area contributed by atoms with Crippen LogP contribution in [0.15, 0.2) is 30.5 Å². The van der Waals surface area contributed by atoms with E-state index in [4.69, 9.17) is 9.47 Å². The lowest BCUT2D eigenvalue weighted by atomic mass is 9.87. The summed E-state index contributed by atoms with van der Waals surface area (Å²) in [7, 11) is 4.27. The minimum atomic E-state index is 0.420. The molecule has 26 heavy (non-hydrogen) atoms. The molecule has 140 valence electrons. The predicted molar refractivity (Wildman–Crippen MR) is 100 cm³/mol. The van der Waals surface area contributed by atoms with Gasteiger partial charge >= 0.3 is 0 Å². The number of likely N-dealkylation sites (tertiary alicyclic amines) is 1. The van der Waals surface area contributed by atoms with E-state index in [0.717, 1.165) is 31.1 Å². The van der Waals surface area contributed by atoms with Crippen LogP contribution in [0, 0.1) is 5.92 Å². The smallest absolute Gasteiger partial charge is 0.161 e. The minimum Gasteiger partial charge on any atom is -0.486 e. The summed E-state index contributed by atoms with van der Waals surface area (Å²) in [5, 5.41) is 8.03. The minimum absolute atomic E-state index is 0.420. The Balaban J connectivity index is 1.39. The Kier molecular flexibility index (Phi) is 5.13. The van der Waals surface area contributed by atoms with Crippen molar-refractivity contribution in [3.8, 4) is 11.5 Å². The van der Waals surface area contributed by atoms with Crippen LogP contribution in [0.3, 0.4) is 0 Å². The van der Waals surface area contributed by atoms with Crippen molar-refractivity contribution < 1.29 is 9.47 Å². The number of ether oxygens (including phenoxy) is 2. The van der Waals surface area contributed by atoms with Gasteiger partial charge in [-0.15, -0.1) is 0 Å². The van der Waals surface area contributed by atoms with E-state index in [2.05, 4.69) is 40.6 Å². The zero-order valence-electron chi connectivity index (χ0n) is 15.6. The maximum absolute atomic E-state index is 5.68. The molecule has 6 nitrogen and oxygen atoms in total. The second kappa shape index (κ2) is 7.68. The molecule has 1 aromatic carbocycles. The maximum atomic E-state index is 5.68. The van der Waals surface area contributed by atoms with E-state index in [9.17, 15) is 0 Å². The maximum Gasteiger partial charge on any atom is 0.161 e. The molecule has 2 aromatic rings. The zero-order chi connectivity index (χ0) is 17.9. The van der Waals surface area contributed by atoms with Crippen molar-refractivity contribution >= 4 is 0 Å². The highest BCUT2D eigenvalue weighted by atomic mass is 16.6. The van der Waals surface area contributed by atoms with Crippen molar-refractivity contribution in [2.45, 2.75) is 25.4 Å². The van der Waals surface area contributed by atoms with Crippen LogP contribution in [0.1, 0.15) is 30.1 Å². The summed E-state index contributed by atoms with van der Waals surface area (Å²) >= 11 is 0. The molecule has 0 bridgehead atoms. The number of aryl methyl sites for hydroxylation is 1. The van der Waals surface area contributed by atoms with Crippen LogP contribution in [-0.2, 0) is 13.6 Å². The zero-order valence-corrected chi connectivity index (χ0v) is 15.6. The van der Waals surface area contributed by atoms with Crippen LogP contribution in [-0.4, -0.2) is 48.0 Å². The van der Waals surface area contributed by atoms with E-state index in [1.807, 2.05) is 24.0 Å². The van der Waals surface area contributed by atoms with E-state index in [-0.39, 0.29) is 0 Å². The lowest BCUT2D eigenvalue weighted by Gasteiger charge is -2.39. The van der Waals surface area contributed by atoms with Gasteiger partial charge in [0.1, 0.15) is 13.2 Å². The Morgan fingerprint density at radius 1 is 1.15 bits per heavy atom. The molecule has 2 aliphatic heterocycles. The van der Waals surface area contributed by atoms with Crippen molar-refractivity contribution in [3.63, 3.8) is 0 Å². The van der Waals surface area contributed by atoms with E-state index in [0.29, 0.717) is 25.2 Å². The van der Waals surface area contributed by atoms with Gasteiger partial charge in [0.25, 0.3) is 0 Å². The van der Waals surface area contributed by atoms with Crippen LogP contribution in [0.25, 0.3) is 0 Å². The number of rotatable bonds is 5. The molecule has 2 aliphatic rings. The van der Waals surface area contributed by atoms with Gasteiger partial charge in [0.05, 0.1) is 11.7 Å². The number of fused-ring (bicyclic) bond motifs is 1. The van der Waals surface area contributed by atoms with Crippen LogP contribution < -0.4 is 14.8 Å². The number of nitrogens with one attached hydrogen (secondary N) is 1. The first-order chi connectivity index (χ1) is 12.7. The number of aromatic nitrogens is 2. The Hall–Kier alpha value is -2.05. The second-order valence-electron chi connectivity index (χ2n) is 7.32. The molecule has 0 aliphatic carbocycles. The fourth-order valence-electron chi connectivity index (χ4n) is 4.21. The second-order valence-corrected chi connectivity index (χ2v) is 7.32. The lowest BCUT2D eigenvalue weighted by Crippen LogP contribution is -2.41. The van der Waals surface area contributed by atoms with Crippen molar-refractivity contribution in [2.75, 3.05) is 33.4 Å². The highest BCUT2D eigenvalue weighted by Gasteiger charge is 2.32. The van der Waals surface area contributed by atoms with Crippen molar-refractivity contribution in [1.82, 2.24) is 20.0 Å². The lowest BCUT2D eigenvalue weighted by molar-refractivity contribution is 0.113. The van der Waals surface area contributed by atoms with Gasteiger partial charge in [0.15, 0.2) is 11.5 Å². The average Bonchev–Trinajstić information content (AvgIpc) is 3.07. The molecule has 3 heterocycles. The molecule has 6 heteroatoms. The van der Waals surface area contributed by atoms with Gasteiger partial charge in [-0.25, -0.2) is 0 Å². The summed E-state index contributed by atoms with van der Waals surface area (Å²) in [6.07, 6.45) is 4.40. The van der Waals surface area contributed by atoms with E-state index >= 15 is 0 Å². The molecule has 2 atom stereocenters. The molecule has 0 saturated carbocycles. The fourth-order valence-corrected chi connectivity index (χ4v) is 4.21. The van der Waals surface area contributed by atoms with Crippen molar-refractivity contribution in [2.24, 2.45) is 13.0 Å². The molecular weight excluding hydrogens is 328 g/mol. The number of hydrogen-bond donors (Lipinski definition) is 1. The van der Waals surface area contributed by atoms with Crippen molar-refractivity contribution in [1.29, 1.82) is 0 Å². The van der Waals surface area contributed by atoms with E-state index < -0.39 is 0 Å². The van der Waals surface area contributed by atoms with Crippen molar-refractivity contribution in [3.05, 3.63) is 41.7 Å². The summed E-state index contributed by atoms with van der Waals surface area (Å²) in [4.78, 5) is 2.47. The molecule has 4 rings (SSSR count). The predicted octanol–water partition coefficient (Wildman–Crippen LogP) is 2.36. The SMILES string of the molecule is CN1CCC[C@@H](CNCc2ccc3c(c2)OCCO3)[C@@H]1c1ccnn1C. The summed E-state index contributed by atoms with van der Waals surface area (Å²) in [6.45, 7) is 4.25. The third-order valence-corrected chi connectivity index (χ3v) is 5.51. The van der Waals surface area contributed by atoms with Gasteiger partial charge in [-0.1, -0.05) is 6.07 Å². The summed E-state index contributed by atoms with van der Waals surface area (Å²) in [5.41, 5.74) is 2.54. The van der Waals surface area contributed by atoms with Gasteiger partial charge in [0.2, 0.25) is 0 Å². The van der Waals surface area contributed by atoms with E-state index in [1.54, 1.807) is 0 Å². The number of benzene rings is 1. The number of nitrogens with zero attached hydrogens (tertiary/aromatic N) is 3. The topological polar surface area (TPSA) is 51.6 Å². The Morgan fingerprint density at radius 2 is 2.00 bits per heavy atom. The summed E-state index contributed by atoms with van der Waals surface area (Å²) in [6, 6.07) is 8.79. The largest absolute Gasteiger partial charge is 0.486 e. The molecule has 1 aromatic heterocycles. The standard InChI is InChI=1S/C20H28N4O2/c1-23-9-3-4-16(20(23)17-7-8-22-24(17)2)14-21-13-15-5-6-18-19(12-15)26-11-10-25-18/h5-8,12,16,20-21H,3-4,9-11,13-14H2,1-2H3/t16-,20+/m0/s1. The normalized spacial score (nSPS) is 23.2. The summed E-state index contributed by atoms with van der Waals surface area (Å²) in [5.74, 6) is 2.30. The molecule has 0 radical (unpaired) electrons. The van der Waals surface area contributed by atoms with Gasteiger partial charge in [-0.05, 0) is 56.1 Å². The fraction of sp³-hybridized carbons (Fsp3) is 0.550. The first-order valence-corrected chi connectivity index (χ1v) is 9.50. The highest BCUT2D eigenvalue weighted by Crippen LogP contribution is 2.34. The van der Waals surface area contributed by atoms with Crippen LogP contribution in [0.5, 0.6) is 11.5 Å². The molecule has 1 saturated heterocycles. The van der Waals surface area contributed by atoms with Crippen LogP contribution in [0.4, 0.5) is 0 Å². The first kappa shape index (κ1) is 17.4. The quantitative estimate of drug-likeness (QED) is 0.891. The molecule has 1 N–H and O–H groups in total. The van der Waals surface area contributed by atoms with Gasteiger partial charge in [0, 0.05) is 26.3 Å². The molecular formula is C20H28N4O2. The molecule has 0 amide bonds. The Labute approximate surface area is 155 Å². The monoisotopic (exact) mass is 356 g/mol. The molecule has 0 spiro atoms. The van der Waals surface area contributed by atoms with E-state index in [1.165, 1.54) is 24.1 Å². The van der Waals surface area contributed by atoms with Gasteiger partial charge in [-0.2, -0.15) is 5.10 Å². The third-order valence-electron chi connectivity index (χ3n) is 5.51. The summed E-state index contributed by atoms with van der Waals surface area (Å²) < 4.78 is 13.3.